The normalized spacial score (nSPS) is 10.9. The van der Waals surface area contributed by atoms with Gasteiger partial charge in [-0.05, 0) is 25.0 Å². The van der Waals surface area contributed by atoms with E-state index in [1.807, 2.05) is 42.8 Å². The van der Waals surface area contributed by atoms with Crippen molar-refractivity contribution in [2.45, 2.75) is 19.0 Å². The molecule has 3 aromatic rings. The summed E-state index contributed by atoms with van der Waals surface area (Å²) in [4.78, 5) is 16.3. The van der Waals surface area contributed by atoms with E-state index in [-0.39, 0.29) is 11.7 Å². The average molecular weight is 422 g/mol. The smallest absolute Gasteiger partial charge is 0.236 e. The lowest BCUT2D eigenvalue weighted by Gasteiger charge is -2.09. The fourth-order valence-corrected chi connectivity index (χ4v) is 3.54. The van der Waals surface area contributed by atoms with Crippen molar-refractivity contribution >= 4 is 46.7 Å². The first-order chi connectivity index (χ1) is 12.9. The van der Waals surface area contributed by atoms with Gasteiger partial charge in [-0.2, -0.15) is 0 Å². The average Bonchev–Trinajstić information content (AvgIpc) is 3.01. The Kier molecular flexibility index (Phi) is 6.04. The van der Waals surface area contributed by atoms with Gasteiger partial charge in [0.1, 0.15) is 0 Å². The van der Waals surface area contributed by atoms with Crippen LogP contribution in [0.15, 0.2) is 35.6 Å². The molecule has 1 N–H and O–H groups in total. The molecule has 1 aromatic carbocycles. The molecule has 6 nitrogen and oxygen atoms in total. The number of thioether (sulfide) groups is 1. The quantitative estimate of drug-likeness (QED) is 0.612. The van der Waals surface area contributed by atoms with Crippen LogP contribution >= 0.6 is 35.0 Å². The minimum atomic E-state index is -0.239. The van der Waals surface area contributed by atoms with Gasteiger partial charge in [-0.3, -0.25) is 4.79 Å². The third kappa shape index (κ3) is 4.26. The highest BCUT2D eigenvalue weighted by molar-refractivity contribution is 7.99. The minimum absolute atomic E-state index is 0.152. The molecule has 0 unspecified atom stereocenters. The molecule has 0 radical (unpaired) electrons. The maximum atomic E-state index is 12.3. The van der Waals surface area contributed by atoms with Crippen LogP contribution < -0.4 is 5.32 Å². The summed E-state index contributed by atoms with van der Waals surface area (Å²) < 4.78 is 1.87. The summed E-state index contributed by atoms with van der Waals surface area (Å²) in [6.07, 6.45) is 1.46. The Morgan fingerprint density at radius 1 is 1.22 bits per heavy atom. The summed E-state index contributed by atoms with van der Waals surface area (Å²) in [7, 11) is 1.88. The van der Waals surface area contributed by atoms with E-state index in [1.165, 1.54) is 18.0 Å². The molecule has 0 saturated carbocycles. The molecule has 0 saturated heterocycles. The standard InChI is InChI=1S/C18H17Cl2N5OS/c1-10-6-4-5-7-12(10)17-23-24-18(25(17)3)27-9-14(26)22-16-15(20)11(2)13(19)8-21-16/h4-8H,9H2,1-3H3,(H,21,22,26). The molecule has 3 rings (SSSR count). The van der Waals surface area contributed by atoms with Gasteiger partial charge in [0.05, 0.1) is 15.8 Å². The summed E-state index contributed by atoms with van der Waals surface area (Å²) in [6.45, 7) is 3.79. The number of rotatable bonds is 5. The Balaban J connectivity index is 1.68. The summed E-state index contributed by atoms with van der Waals surface area (Å²) >= 11 is 13.4. The van der Waals surface area contributed by atoms with Gasteiger partial charge < -0.3 is 9.88 Å². The van der Waals surface area contributed by atoms with Crippen LogP contribution in [0.2, 0.25) is 10.0 Å². The Morgan fingerprint density at radius 3 is 2.70 bits per heavy atom. The molecule has 1 amide bonds. The van der Waals surface area contributed by atoms with E-state index in [0.717, 1.165) is 17.0 Å². The van der Waals surface area contributed by atoms with Crippen LogP contribution in [0, 0.1) is 13.8 Å². The second kappa shape index (κ2) is 8.29. The van der Waals surface area contributed by atoms with E-state index in [0.29, 0.717) is 26.6 Å². The molecule has 0 spiro atoms. The van der Waals surface area contributed by atoms with Crippen molar-refractivity contribution in [3.63, 3.8) is 0 Å². The van der Waals surface area contributed by atoms with Gasteiger partial charge in [-0.15, -0.1) is 10.2 Å². The van der Waals surface area contributed by atoms with Crippen LogP contribution in [-0.4, -0.2) is 31.4 Å². The first-order valence-electron chi connectivity index (χ1n) is 8.07. The van der Waals surface area contributed by atoms with E-state index in [4.69, 9.17) is 23.2 Å². The lowest BCUT2D eigenvalue weighted by Crippen LogP contribution is -2.16. The largest absolute Gasteiger partial charge is 0.309 e. The van der Waals surface area contributed by atoms with E-state index in [2.05, 4.69) is 20.5 Å². The van der Waals surface area contributed by atoms with Crippen LogP contribution in [0.25, 0.3) is 11.4 Å². The Hall–Kier alpha value is -2.09. The molecule has 0 fully saturated rings. The van der Waals surface area contributed by atoms with E-state index >= 15 is 0 Å². The molecule has 0 bridgehead atoms. The maximum Gasteiger partial charge on any atom is 0.236 e. The van der Waals surface area contributed by atoms with Gasteiger partial charge in [0.2, 0.25) is 5.91 Å². The zero-order valence-electron chi connectivity index (χ0n) is 15.0. The number of aryl methyl sites for hydroxylation is 1. The van der Waals surface area contributed by atoms with Crippen LogP contribution in [0.5, 0.6) is 0 Å². The second-order valence-electron chi connectivity index (χ2n) is 5.91. The molecule has 0 aliphatic heterocycles. The number of pyridine rings is 1. The number of hydrogen-bond acceptors (Lipinski definition) is 5. The monoisotopic (exact) mass is 421 g/mol. The van der Waals surface area contributed by atoms with E-state index in [9.17, 15) is 4.79 Å². The van der Waals surface area contributed by atoms with Crippen LogP contribution in [0.1, 0.15) is 11.1 Å². The number of halogens is 2. The number of hydrogen-bond donors (Lipinski definition) is 1. The Bertz CT molecular complexity index is 1010. The van der Waals surface area contributed by atoms with Crippen LogP contribution in [-0.2, 0) is 11.8 Å². The van der Waals surface area contributed by atoms with E-state index < -0.39 is 0 Å². The predicted octanol–water partition coefficient (Wildman–Crippen LogP) is 4.53. The molecular formula is C18H17Cl2N5OS. The molecule has 2 aromatic heterocycles. The molecule has 0 atom stereocenters. The molecule has 140 valence electrons. The first-order valence-corrected chi connectivity index (χ1v) is 9.81. The van der Waals surface area contributed by atoms with Gasteiger partial charge in [0.15, 0.2) is 16.8 Å². The number of carbonyl (C=O) groups is 1. The molecule has 0 aliphatic rings. The number of aromatic nitrogens is 4. The molecular weight excluding hydrogens is 405 g/mol. The van der Waals surface area contributed by atoms with Gasteiger partial charge >= 0.3 is 0 Å². The van der Waals surface area contributed by atoms with Crippen molar-refractivity contribution in [2.24, 2.45) is 7.05 Å². The second-order valence-corrected chi connectivity index (χ2v) is 7.64. The number of nitrogens with one attached hydrogen (secondary N) is 1. The highest BCUT2D eigenvalue weighted by Gasteiger charge is 2.16. The lowest BCUT2D eigenvalue weighted by molar-refractivity contribution is -0.113. The zero-order valence-corrected chi connectivity index (χ0v) is 17.3. The number of amides is 1. The van der Waals surface area contributed by atoms with Gasteiger partial charge in [-0.1, -0.05) is 59.2 Å². The lowest BCUT2D eigenvalue weighted by atomic mass is 10.1. The molecule has 0 aliphatic carbocycles. The molecule has 2 heterocycles. The number of anilines is 1. The summed E-state index contributed by atoms with van der Waals surface area (Å²) in [5, 5.41) is 12.6. The van der Waals surface area contributed by atoms with Crippen LogP contribution in [0.4, 0.5) is 5.82 Å². The minimum Gasteiger partial charge on any atom is -0.309 e. The van der Waals surface area contributed by atoms with Gasteiger partial charge in [0, 0.05) is 18.8 Å². The highest BCUT2D eigenvalue weighted by Crippen LogP contribution is 2.29. The van der Waals surface area contributed by atoms with Crippen molar-refractivity contribution in [3.05, 3.63) is 51.6 Å². The third-order valence-electron chi connectivity index (χ3n) is 4.01. The SMILES string of the molecule is Cc1ccccc1-c1nnc(SCC(=O)Nc2ncc(Cl)c(C)c2Cl)n1C. The maximum absolute atomic E-state index is 12.3. The topological polar surface area (TPSA) is 72.7 Å². The van der Waals surface area contributed by atoms with Gasteiger partial charge in [0.25, 0.3) is 0 Å². The summed E-state index contributed by atoms with van der Waals surface area (Å²) in [5.41, 5.74) is 2.80. The van der Waals surface area contributed by atoms with Crippen molar-refractivity contribution in [2.75, 3.05) is 11.1 Å². The molecule has 27 heavy (non-hydrogen) atoms. The summed E-state index contributed by atoms with van der Waals surface area (Å²) in [6, 6.07) is 7.96. The first kappa shape index (κ1) is 19.7. The highest BCUT2D eigenvalue weighted by atomic mass is 35.5. The fourth-order valence-electron chi connectivity index (χ4n) is 2.44. The Morgan fingerprint density at radius 2 is 1.96 bits per heavy atom. The summed E-state index contributed by atoms with van der Waals surface area (Å²) in [5.74, 6) is 0.965. The molecule has 9 heteroatoms. The van der Waals surface area contributed by atoms with Gasteiger partial charge in [-0.25, -0.2) is 4.98 Å². The van der Waals surface area contributed by atoms with Crippen molar-refractivity contribution < 1.29 is 4.79 Å². The van der Waals surface area contributed by atoms with Crippen molar-refractivity contribution in [3.8, 4) is 11.4 Å². The number of nitrogens with zero attached hydrogens (tertiary/aromatic N) is 4. The predicted molar refractivity (Wildman–Crippen MR) is 110 cm³/mol. The zero-order chi connectivity index (χ0) is 19.6. The van der Waals surface area contributed by atoms with Crippen LogP contribution in [0.3, 0.4) is 0 Å². The number of carbonyl (C=O) groups excluding carboxylic acids is 1. The number of benzene rings is 1. The van der Waals surface area contributed by atoms with Crippen molar-refractivity contribution in [1.82, 2.24) is 19.7 Å². The third-order valence-corrected chi connectivity index (χ3v) is 5.88. The fraction of sp³-hybridized carbons (Fsp3) is 0.222. The van der Waals surface area contributed by atoms with Crippen molar-refractivity contribution in [1.29, 1.82) is 0 Å². The Labute approximate surface area is 171 Å². The van der Waals surface area contributed by atoms with E-state index in [1.54, 1.807) is 6.92 Å².